The number of nitrogens with two attached hydrogens (primary N) is 1. The zero-order valence-electron chi connectivity index (χ0n) is 5.43. The predicted octanol–water partition coefficient (Wildman–Crippen LogP) is 0.450. The molecule has 2 N–H and O–H groups in total. The molecule has 0 aliphatic rings. The molecule has 3 nitrogen and oxygen atoms in total. The average Bonchev–Trinajstić information content (AvgIpc) is 1.80. The Morgan fingerprint density at radius 2 is 2.22 bits per heavy atom. The highest BCUT2D eigenvalue weighted by Gasteiger charge is 1.92. The first kappa shape index (κ1) is 8.43. The smallest absolute Gasteiger partial charge is 0.217 e. The second-order valence-electron chi connectivity index (χ2n) is 1.83. The Bertz CT molecular complexity index is 83.1. The lowest BCUT2D eigenvalue weighted by Crippen LogP contribution is -2.09. The van der Waals surface area contributed by atoms with E-state index < -0.39 is 0 Å². The summed E-state index contributed by atoms with van der Waals surface area (Å²) in [6.45, 7) is 0.604. The van der Waals surface area contributed by atoms with Crippen LogP contribution in [0.2, 0.25) is 0 Å². The van der Waals surface area contributed by atoms with Crippen molar-refractivity contribution in [2.75, 3.05) is 6.61 Å². The summed E-state index contributed by atoms with van der Waals surface area (Å²) in [5, 5.41) is 0. The molecule has 0 bridgehead atoms. The van der Waals surface area contributed by atoms with Crippen molar-refractivity contribution in [3.05, 3.63) is 7.11 Å². The molecule has 0 aromatic carbocycles. The summed E-state index contributed by atoms with van der Waals surface area (Å²) >= 11 is 0. The van der Waals surface area contributed by atoms with E-state index in [0.29, 0.717) is 13.0 Å². The van der Waals surface area contributed by atoms with Crippen molar-refractivity contribution in [1.82, 2.24) is 0 Å². The number of primary amides is 1. The molecule has 0 saturated heterocycles. The van der Waals surface area contributed by atoms with Crippen molar-refractivity contribution in [2.45, 2.75) is 19.3 Å². The highest BCUT2D eigenvalue weighted by Crippen LogP contribution is 1.93. The molecule has 0 rings (SSSR count). The molecule has 0 unspecified atom stereocenters. The van der Waals surface area contributed by atoms with Crippen LogP contribution < -0.4 is 5.73 Å². The molecule has 0 aliphatic carbocycles. The maximum absolute atomic E-state index is 10.1. The summed E-state index contributed by atoms with van der Waals surface area (Å²) in [5.74, 6) is -0.251. The van der Waals surface area contributed by atoms with Crippen LogP contribution in [0.3, 0.4) is 0 Å². The molecule has 0 heterocycles. The van der Waals surface area contributed by atoms with Crippen molar-refractivity contribution < 1.29 is 9.53 Å². The molecule has 0 aromatic heterocycles. The van der Waals surface area contributed by atoms with Crippen LogP contribution in [0.4, 0.5) is 0 Å². The van der Waals surface area contributed by atoms with Gasteiger partial charge in [0, 0.05) is 13.0 Å². The molecule has 1 amide bonds. The number of carbonyl (C=O) groups excluding carboxylic acids is 1. The normalized spacial score (nSPS) is 9.44. The molecule has 0 atom stereocenters. The fourth-order valence-corrected chi connectivity index (χ4v) is 0.503. The first-order chi connectivity index (χ1) is 4.27. The van der Waals surface area contributed by atoms with Crippen LogP contribution in [0.25, 0.3) is 0 Å². The second-order valence-corrected chi connectivity index (χ2v) is 1.83. The Balaban J connectivity index is 2.83. The van der Waals surface area contributed by atoms with E-state index in [1.165, 1.54) is 0 Å². The van der Waals surface area contributed by atoms with Crippen LogP contribution in [0.15, 0.2) is 0 Å². The number of hydrogen-bond acceptors (Lipinski definition) is 2. The largest absolute Gasteiger partial charge is 0.379 e. The number of unbranched alkanes of at least 4 members (excludes halogenated alkanes) is 1. The molecule has 0 fully saturated rings. The maximum atomic E-state index is 10.1. The van der Waals surface area contributed by atoms with E-state index in [9.17, 15) is 4.79 Å². The minimum absolute atomic E-state index is 0.251. The zero-order chi connectivity index (χ0) is 7.11. The lowest BCUT2D eigenvalue weighted by Gasteiger charge is -1.94. The topological polar surface area (TPSA) is 52.3 Å². The molecular weight excluding hydrogens is 118 g/mol. The van der Waals surface area contributed by atoms with E-state index in [4.69, 9.17) is 5.73 Å². The molecule has 9 heavy (non-hydrogen) atoms. The van der Waals surface area contributed by atoms with Gasteiger partial charge >= 0.3 is 0 Å². The van der Waals surface area contributed by atoms with Gasteiger partial charge in [0.25, 0.3) is 0 Å². The average molecular weight is 130 g/mol. The maximum Gasteiger partial charge on any atom is 0.217 e. The van der Waals surface area contributed by atoms with Crippen LogP contribution in [0.5, 0.6) is 0 Å². The Morgan fingerprint density at radius 3 is 2.67 bits per heavy atom. The standard InChI is InChI=1S/C6H12NO2/c1-9-5-3-2-4-6(7)8/h1-5H2,(H2,7,8). The van der Waals surface area contributed by atoms with Gasteiger partial charge in [-0.3, -0.25) is 4.79 Å². The molecule has 3 heteroatoms. The van der Waals surface area contributed by atoms with Crippen LogP contribution in [0.1, 0.15) is 19.3 Å². The highest BCUT2D eigenvalue weighted by molar-refractivity contribution is 5.73. The van der Waals surface area contributed by atoms with Crippen molar-refractivity contribution in [3.8, 4) is 0 Å². The van der Waals surface area contributed by atoms with Gasteiger partial charge in [0.1, 0.15) is 0 Å². The Kier molecular flexibility index (Phi) is 5.21. The van der Waals surface area contributed by atoms with Gasteiger partial charge in [0.15, 0.2) is 0 Å². The highest BCUT2D eigenvalue weighted by atomic mass is 16.5. The molecule has 0 aromatic rings. The molecule has 53 valence electrons. The molecule has 0 saturated carbocycles. The summed E-state index contributed by atoms with van der Waals surface area (Å²) in [7, 11) is 3.19. The number of rotatable bonds is 5. The van der Waals surface area contributed by atoms with Crippen molar-refractivity contribution in [3.63, 3.8) is 0 Å². The van der Waals surface area contributed by atoms with Gasteiger partial charge < -0.3 is 10.5 Å². The predicted molar refractivity (Wildman–Crippen MR) is 34.4 cm³/mol. The van der Waals surface area contributed by atoms with Crippen LogP contribution in [-0.4, -0.2) is 12.5 Å². The van der Waals surface area contributed by atoms with Crippen LogP contribution in [0, 0.1) is 7.11 Å². The summed E-state index contributed by atoms with van der Waals surface area (Å²) < 4.78 is 4.52. The third-order valence-corrected chi connectivity index (χ3v) is 0.962. The first-order valence-corrected chi connectivity index (χ1v) is 2.92. The van der Waals surface area contributed by atoms with Gasteiger partial charge in [-0.25, -0.2) is 0 Å². The number of carbonyl (C=O) groups is 1. The summed E-state index contributed by atoms with van der Waals surface area (Å²) in [6, 6.07) is 0. The van der Waals surface area contributed by atoms with E-state index in [0.717, 1.165) is 12.8 Å². The summed E-state index contributed by atoms with van der Waals surface area (Å²) in [5.41, 5.74) is 4.88. The van der Waals surface area contributed by atoms with Crippen LogP contribution >= 0.6 is 0 Å². The van der Waals surface area contributed by atoms with Crippen molar-refractivity contribution in [1.29, 1.82) is 0 Å². The van der Waals surface area contributed by atoms with E-state index in [1.54, 1.807) is 0 Å². The van der Waals surface area contributed by atoms with E-state index in [-0.39, 0.29) is 5.91 Å². The third kappa shape index (κ3) is 7.43. The minimum atomic E-state index is -0.251. The van der Waals surface area contributed by atoms with E-state index >= 15 is 0 Å². The lowest BCUT2D eigenvalue weighted by molar-refractivity contribution is -0.118. The van der Waals surface area contributed by atoms with Crippen LogP contribution in [-0.2, 0) is 9.53 Å². The number of ether oxygens (including phenoxy) is 1. The van der Waals surface area contributed by atoms with Gasteiger partial charge in [0.2, 0.25) is 5.91 Å². The second kappa shape index (κ2) is 5.56. The summed E-state index contributed by atoms with van der Waals surface area (Å²) in [6.07, 6.45) is 2.10. The fraction of sp³-hybridized carbons (Fsp3) is 0.667. The molecule has 0 spiro atoms. The Labute approximate surface area is 55.2 Å². The summed E-state index contributed by atoms with van der Waals surface area (Å²) in [4.78, 5) is 10.1. The molecular formula is C6H12NO2. The van der Waals surface area contributed by atoms with Gasteiger partial charge in [-0.2, -0.15) is 0 Å². The lowest BCUT2D eigenvalue weighted by atomic mass is 10.2. The van der Waals surface area contributed by atoms with Crippen molar-refractivity contribution in [2.24, 2.45) is 5.73 Å². The quantitative estimate of drug-likeness (QED) is 0.549. The Morgan fingerprint density at radius 1 is 1.56 bits per heavy atom. The first-order valence-electron chi connectivity index (χ1n) is 2.92. The Hall–Kier alpha value is -0.570. The number of hydrogen-bond donors (Lipinski definition) is 1. The van der Waals surface area contributed by atoms with Gasteiger partial charge in [-0.15, -0.1) is 0 Å². The number of amides is 1. The van der Waals surface area contributed by atoms with Gasteiger partial charge in [0.05, 0.1) is 7.11 Å². The SMILES string of the molecule is [CH2]OCCCCC(N)=O. The fourth-order valence-electron chi connectivity index (χ4n) is 0.503. The monoisotopic (exact) mass is 130 g/mol. The minimum Gasteiger partial charge on any atom is -0.379 e. The van der Waals surface area contributed by atoms with Gasteiger partial charge in [-0.05, 0) is 12.8 Å². The van der Waals surface area contributed by atoms with Crippen molar-refractivity contribution >= 4 is 5.91 Å². The van der Waals surface area contributed by atoms with E-state index in [2.05, 4.69) is 11.8 Å². The zero-order valence-corrected chi connectivity index (χ0v) is 5.43. The molecule has 0 aliphatic heterocycles. The van der Waals surface area contributed by atoms with Gasteiger partial charge in [-0.1, -0.05) is 0 Å². The third-order valence-electron chi connectivity index (χ3n) is 0.962. The molecule has 1 radical (unpaired) electrons. The van der Waals surface area contributed by atoms with E-state index in [1.807, 2.05) is 0 Å².